The summed E-state index contributed by atoms with van der Waals surface area (Å²) in [5.41, 5.74) is 0.288. The van der Waals surface area contributed by atoms with Crippen LogP contribution in [0, 0.1) is 0 Å². The lowest BCUT2D eigenvalue weighted by molar-refractivity contribution is 0.330. The van der Waals surface area contributed by atoms with Gasteiger partial charge in [-0.3, -0.25) is 0 Å². The molecule has 0 saturated carbocycles. The molecule has 0 fully saturated rings. The Labute approximate surface area is 70.9 Å². The Hall–Kier alpha value is -0.300. The average molecular weight is 155 g/mol. The van der Waals surface area contributed by atoms with Gasteiger partial charge in [-0.05, 0) is 41.5 Å². The minimum Gasteiger partial charge on any atom is -0.304 e. The van der Waals surface area contributed by atoms with Crippen LogP contribution in [0.1, 0.15) is 41.5 Å². The molecule has 66 valence electrons. The minimum absolute atomic E-state index is 0.104. The first kappa shape index (κ1) is 10.7. The van der Waals surface area contributed by atoms with Gasteiger partial charge in [0.1, 0.15) is 0 Å². The van der Waals surface area contributed by atoms with Crippen LogP contribution in [0.15, 0.2) is 12.2 Å². The molecule has 0 heterocycles. The minimum atomic E-state index is 0.104. The zero-order valence-electron chi connectivity index (χ0n) is 8.65. The second-order valence-electron chi connectivity index (χ2n) is 4.60. The highest BCUT2D eigenvalue weighted by atomic mass is 15.0. The van der Waals surface area contributed by atoms with E-state index in [1.807, 2.05) is 6.92 Å². The van der Waals surface area contributed by atoms with Crippen LogP contribution in [0.4, 0.5) is 0 Å². The van der Waals surface area contributed by atoms with E-state index in [0.717, 1.165) is 0 Å². The van der Waals surface area contributed by atoms with Gasteiger partial charge in [-0.2, -0.15) is 0 Å². The van der Waals surface area contributed by atoms with Gasteiger partial charge in [0.05, 0.1) is 0 Å². The monoisotopic (exact) mass is 155 g/mol. The molecule has 0 saturated heterocycles. The molecule has 11 heavy (non-hydrogen) atoms. The molecule has 0 aromatic rings. The number of allylic oxidation sites excluding steroid dienone is 1. The summed E-state index contributed by atoms with van der Waals surface area (Å²) >= 11 is 0. The summed E-state index contributed by atoms with van der Waals surface area (Å²) in [7, 11) is 0. The summed E-state index contributed by atoms with van der Waals surface area (Å²) < 4.78 is 0. The third-order valence-electron chi connectivity index (χ3n) is 1.28. The van der Waals surface area contributed by atoms with E-state index in [4.69, 9.17) is 0 Å². The lowest BCUT2D eigenvalue weighted by Crippen LogP contribution is -2.49. The second-order valence-corrected chi connectivity index (χ2v) is 4.60. The van der Waals surface area contributed by atoms with E-state index in [-0.39, 0.29) is 11.1 Å². The Morgan fingerprint density at radius 3 is 1.73 bits per heavy atom. The van der Waals surface area contributed by atoms with Gasteiger partial charge >= 0.3 is 0 Å². The molecule has 1 N–H and O–H groups in total. The van der Waals surface area contributed by atoms with Crippen LogP contribution in [-0.4, -0.2) is 11.1 Å². The third-order valence-corrected chi connectivity index (χ3v) is 1.28. The van der Waals surface area contributed by atoms with Gasteiger partial charge in [-0.15, -0.1) is 0 Å². The number of nitrogens with one attached hydrogen (secondary N) is 1. The molecule has 0 spiro atoms. The summed E-state index contributed by atoms with van der Waals surface area (Å²) in [4.78, 5) is 0. The molecule has 0 aliphatic rings. The van der Waals surface area contributed by atoms with Crippen molar-refractivity contribution in [2.75, 3.05) is 0 Å². The molecule has 0 bridgehead atoms. The van der Waals surface area contributed by atoms with Gasteiger partial charge in [-0.1, -0.05) is 12.2 Å². The molecule has 0 aliphatic heterocycles. The maximum absolute atomic E-state index is 3.51. The third kappa shape index (κ3) is 6.11. The summed E-state index contributed by atoms with van der Waals surface area (Å²) in [5, 5.41) is 3.51. The van der Waals surface area contributed by atoms with Crippen LogP contribution >= 0.6 is 0 Å². The van der Waals surface area contributed by atoms with Gasteiger partial charge in [0.15, 0.2) is 0 Å². The average Bonchev–Trinajstić information content (AvgIpc) is 1.55. The van der Waals surface area contributed by atoms with Crippen molar-refractivity contribution in [3.05, 3.63) is 12.2 Å². The van der Waals surface area contributed by atoms with Crippen molar-refractivity contribution in [2.24, 2.45) is 0 Å². The Kier molecular flexibility index (Phi) is 3.30. The molecular formula is C10H21N. The smallest absolute Gasteiger partial charge is 0.0311 e. The Balaban J connectivity index is 4.13. The van der Waals surface area contributed by atoms with E-state index in [9.17, 15) is 0 Å². The van der Waals surface area contributed by atoms with Crippen molar-refractivity contribution < 1.29 is 0 Å². The molecule has 0 aliphatic carbocycles. The highest BCUT2D eigenvalue weighted by molar-refractivity contribution is 5.02. The van der Waals surface area contributed by atoms with Gasteiger partial charge in [0, 0.05) is 11.1 Å². The highest BCUT2D eigenvalue weighted by Crippen LogP contribution is 2.11. The number of hydrogen-bond acceptors (Lipinski definition) is 1. The Bertz CT molecular complexity index is 137. The standard InChI is InChI=1S/C10H21N/c1-7-8-10(5,6)11-9(2,3)4/h7-8,11H,1-6H3/b8-7-. The van der Waals surface area contributed by atoms with E-state index in [1.165, 1.54) is 0 Å². The predicted octanol–water partition coefficient (Wildman–Crippen LogP) is 2.73. The highest BCUT2D eigenvalue weighted by Gasteiger charge is 2.20. The van der Waals surface area contributed by atoms with E-state index in [2.05, 4.69) is 52.1 Å². The van der Waals surface area contributed by atoms with Crippen LogP contribution < -0.4 is 5.32 Å². The molecule has 0 radical (unpaired) electrons. The first-order chi connectivity index (χ1) is 4.77. The largest absolute Gasteiger partial charge is 0.304 e. The summed E-state index contributed by atoms with van der Waals surface area (Å²) in [6.07, 6.45) is 4.26. The van der Waals surface area contributed by atoms with Crippen LogP contribution in [0.3, 0.4) is 0 Å². The van der Waals surface area contributed by atoms with Crippen molar-refractivity contribution in [2.45, 2.75) is 52.6 Å². The van der Waals surface area contributed by atoms with Crippen LogP contribution in [0.25, 0.3) is 0 Å². The quantitative estimate of drug-likeness (QED) is 0.605. The van der Waals surface area contributed by atoms with Crippen LogP contribution in [0.5, 0.6) is 0 Å². The summed E-state index contributed by atoms with van der Waals surface area (Å²) in [6, 6.07) is 0. The van der Waals surface area contributed by atoms with Gasteiger partial charge in [0.2, 0.25) is 0 Å². The topological polar surface area (TPSA) is 12.0 Å². The first-order valence-corrected chi connectivity index (χ1v) is 4.20. The zero-order chi connectivity index (χ0) is 9.12. The molecular weight excluding hydrogens is 134 g/mol. The molecule has 0 aromatic heterocycles. The molecule has 0 atom stereocenters. The van der Waals surface area contributed by atoms with E-state index in [1.54, 1.807) is 0 Å². The van der Waals surface area contributed by atoms with Crippen molar-refractivity contribution in [1.29, 1.82) is 0 Å². The lowest BCUT2D eigenvalue weighted by Gasteiger charge is -2.32. The van der Waals surface area contributed by atoms with Crippen molar-refractivity contribution in [3.8, 4) is 0 Å². The maximum atomic E-state index is 3.51. The van der Waals surface area contributed by atoms with Crippen molar-refractivity contribution in [1.82, 2.24) is 5.32 Å². The van der Waals surface area contributed by atoms with E-state index < -0.39 is 0 Å². The molecule has 0 amide bonds. The van der Waals surface area contributed by atoms with Gasteiger partial charge in [0.25, 0.3) is 0 Å². The molecule has 1 heteroatoms. The van der Waals surface area contributed by atoms with E-state index >= 15 is 0 Å². The Morgan fingerprint density at radius 2 is 1.45 bits per heavy atom. The summed E-state index contributed by atoms with van der Waals surface area (Å²) in [5.74, 6) is 0. The molecule has 0 aromatic carbocycles. The Morgan fingerprint density at radius 1 is 1.00 bits per heavy atom. The van der Waals surface area contributed by atoms with Gasteiger partial charge < -0.3 is 5.32 Å². The lowest BCUT2D eigenvalue weighted by atomic mass is 9.98. The van der Waals surface area contributed by atoms with Crippen LogP contribution in [0.2, 0.25) is 0 Å². The number of hydrogen-bond donors (Lipinski definition) is 1. The first-order valence-electron chi connectivity index (χ1n) is 4.20. The number of rotatable bonds is 2. The summed E-state index contributed by atoms with van der Waals surface area (Å²) in [6.45, 7) is 12.9. The maximum Gasteiger partial charge on any atom is 0.0311 e. The van der Waals surface area contributed by atoms with Crippen molar-refractivity contribution in [3.63, 3.8) is 0 Å². The fourth-order valence-corrected chi connectivity index (χ4v) is 1.42. The fourth-order valence-electron chi connectivity index (χ4n) is 1.42. The normalized spacial score (nSPS) is 14.4. The van der Waals surface area contributed by atoms with Crippen LogP contribution in [-0.2, 0) is 0 Å². The molecule has 1 nitrogen and oxygen atoms in total. The van der Waals surface area contributed by atoms with E-state index in [0.29, 0.717) is 0 Å². The molecule has 0 unspecified atom stereocenters. The van der Waals surface area contributed by atoms with Crippen molar-refractivity contribution >= 4 is 0 Å². The SMILES string of the molecule is C/C=C\C(C)(C)NC(C)(C)C. The second kappa shape index (κ2) is 3.40. The predicted molar refractivity (Wildman–Crippen MR) is 51.8 cm³/mol. The molecule has 0 rings (SSSR count). The fraction of sp³-hybridized carbons (Fsp3) is 0.800. The van der Waals surface area contributed by atoms with Gasteiger partial charge in [-0.25, -0.2) is 0 Å². The zero-order valence-corrected chi connectivity index (χ0v) is 8.65.